The average molecular weight is 257 g/mol. The van der Waals surface area contributed by atoms with Gasteiger partial charge < -0.3 is 9.88 Å². The molecule has 0 bridgehead atoms. The minimum absolute atomic E-state index is 0.686. The third-order valence-electron chi connectivity index (χ3n) is 3.64. The summed E-state index contributed by atoms with van der Waals surface area (Å²) in [6.45, 7) is 3.05. The molecule has 3 rings (SSSR count). The Labute approximate surface area is 113 Å². The molecule has 1 aliphatic rings. The van der Waals surface area contributed by atoms with Crippen molar-refractivity contribution in [2.75, 3.05) is 13.1 Å². The van der Waals surface area contributed by atoms with Crippen molar-refractivity contribution in [2.45, 2.75) is 25.8 Å². The molecule has 0 radical (unpaired) electrons. The van der Waals surface area contributed by atoms with Crippen LogP contribution in [0.25, 0.3) is 0 Å². The predicted molar refractivity (Wildman–Crippen MR) is 72.7 cm³/mol. The van der Waals surface area contributed by atoms with Gasteiger partial charge in [0, 0.05) is 18.8 Å². The Bertz CT molecular complexity index is 502. The molecule has 1 saturated heterocycles. The first-order valence-electron chi connectivity index (χ1n) is 6.88. The second-order valence-electron chi connectivity index (χ2n) is 5.15. The Kier molecular flexibility index (Phi) is 3.83. The van der Waals surface area contributed by atoms with Gasteiger partial charge in [0.15, 0.2) is 0 Å². The van der Waals surface area contributed by atoms with Crippen LogP contribution < -0.4 is 5.32 Å². The number of pyridine rings is 1. The Hall–Kier alpha value is -1.75. The first kappa shape index (κ1) is 12.3. The van der Waals surface area contributed by atoms with Crippen molar-refractivity contribution in [2.24, 2.45) is 5.92 Å². The van der Waals surface area contributed by atoms with E-state index >= 15 is 0 Å². The lowest BCUT2D eigenvalue weighted by Crippen LogP contribution is -2.31. The number of nitrogens with one attached hydrogen (secondary N) is 1. The van der Waals surface area contributed by atoms with Gasteiger partial charge in [-0.25, -0.2) is 0 Å². The van der Waals surface area contributed by atoms with Crippen LogP contribution in [0.2, 0.25) is 0 Å². The predicted octanol–water partition coefficient (Wildman–Crippen LogP) is 1.26. The van der Waals surface area contributed by atoms with Crippen molar-refractivity contribution in [3.05, 3.63) is 42.2 Å². The van der Waals surface area contributed by atoms with Crippen LogP contribution in [0.5, 0.6) is 0 Å². The first-order chi connectivity index (χ1) is 9.42. The van der Waals surface area contributed by atoms with Crippen LogP contribution in [-0.2, 0) is 13.0 Å². The highest BCUT2D eigenvalue weighted by Crippen LogP contribution is 2.15. The van der Waals surface area contributed by atoms with Crippen molar-refractivity contribution in [3.63, 3.8) is 0 Å². The van der Waals surface area contributed by atoms with E-state index in [9.17, 15) is 0 Å². The number of piperidine rings is 1. The van der Waals surface area contributed by atoms with Crippen LogP contribution in [0.15, 0.2) is 30.9 Å². The lowest BCUT2D eigenvalue weighted by atomic mass is 9.96. The molecule has 100 valence electrons. The van der Waals surface area contributed by atoms with Crippen LogP contribution in [0, 0.1) is 5.92 Å². The Balaban J connectivity index is 1.68. The molecule has 0 aromatic carbocycles. The lowest BCUT2D eigenvalue weighted by molar-refractivity contribution is 0.367. The van der Waals surface area contributed by atoms with E-state index in [0.29, 0.717) is 5.92 Å². The summed E-state index contributed by atoms with van der Waals surface area (Å²) in [5.74, 6) is 1.77. The Morgan fingerprint density at radius 2 is 2.42 bits per heavy atom. The molecule has 1 aliphatic heterocycles. The topological polar surface area (TPSA) is 55.6 Å². The third-order valence-corrected chi connectivity index (χ3v) is 3.64. The summed E-state index contributed by atoms with van der Waals surface area (Å²) in [6.07, 6.45) is 9.07. The summed E-state index contributed by atoms with van der Waals surface area (Å²) in [7, 11) is 0. The van der Waals surface area contributed by atoms with Crippen LogP contribution in [-0.4, -0.2) is 32.8 Å². The molecule has 1 N–H and O–H groups in total. The van der Waals surface area contributed by atoms with E-state index in [1.807, 2.05) is 18.6 Å². The normalized spacial score (nSPS) is 19.5. The Morgan fingerprint density at radius 3 is 3.21 bits per heavy atom. The van der Waals surface area contributed by atoms with Gasteiger partial charge >= 0.3 is 0 Å². The molecule has 1 unspecified atom stereocenters. The molecular formula is C14H19N5. The molecule has 2 aromatic heterocycles. The van der Waals surface area contributed by atoms with Gasteiger partial charge in [-0.3, -0.25) is 4.98 Å². The minimum Gasteiger partial charge on any atom is -0.316 e. The van der Waals surface area contributed by atoms with Crippen LogP contribution in [0.4, 0.5) is 0 Å². The van der Waals surface area contributed by atoms with E-state index in [-0.39, 0.29) is 0 Å². The van der Waals surface area contributed by atoms with Gasteiger partial charge in [0.2, 0.25) is 0 Å². The lowest BCUT2D eigenvalue weighted by Gasteiger charge is -2.22. The smallest absolute Gasteiger partial charge is 0.133 e. The number of hydrogen-bond donors (Lipinski definition) is 1. The second-order valence-corrected chi connectivity index (χ2v) is 5.15. The summed E-state index contributed by atoms with van der Waals surface area (Å²) in [5.41, 5.74) is 1.19. The fraction of sp³-hybridized carbons (Fsp3) is 0.500. The van der Waals surface area contributed by atoms with Gasteiger partial charge in [-0.2, -0.15) is 0 Å². The molecule has 5 nitrogen and oxygen atoms in total. The Morgan fingerprint density at radius 1 is 1.42 bits per heavy atom. The molecule has 0 saturated carbocycles. The molecule has 1 fully saturated rings. The summed E-state index contributed by atoms with van der Waals surface area (Å²) in [6, 6.07) is 4.05. The highest BCUT2D eigenvalue weighted by atomic mass is 15.3. The fourth-order valence-corrected chi connectivity index (χ4v) is 2.61. The maximum Gasteiger partial charge on any atom is 0.133 e. The molecule has 19 heavy (non-hydrogen) atoms. The first-order valence-corrected chi connectivity index (χ1v) is 6.88. The standard InChI is InChI=1S/C14H19N5/c1-3-12(8-15-5-1)7-14-18-17-11-19(14)10-13-4-2-6-16-9-13/h2,4,6,9,11-12,15H,1,3,5,7-8,10H2. The fourth-order valence-electron chi connectivity index (χ4n) is 2.61. The van der Waals surface area contributed by atoms with Crippen molar-refractivity contribution in [3.8, 4) is 0 Å². The van der Waals surface area contributed by atoms with E-state index in [4.69, 9.17) is 0 Å². The largest absolute Gasteiger partial charge is 0.316 e. The van der Waals surface area contributed by atoms with Gasteiger partial charge in [-0.15, -0.1) is 10.2 Å². The highest BCUT2D eigenvalue weighted by Gasteiger charge is 2.16. The van der Waals surface area contributed by atoms with Crippen LogP contribution >= 0.6 is 0 Å². The van der Waals surface area contributed by atoms with E-state index in [1.165, 1.54) is 18.4 Å². The van der Waals surface area contributed by atoms with Crippen molar-refractivity contribution in [1.82, 2.24) is 25.1 Å². The maximum atomic E-state index is 4.27. The average Bonchev–Trinajstić information content (AvgIpc) is 2.88. The molecule has 3 heterocycles. The monoisotopic (exact) mass is 257 g/mol. The zero-order valence-corrected chi connectivity index (χ0v) is 11.0. The van der Waals surface area contributed by atoms with Gasteiger partial charge in [0.25, 0.3) is 0 Å². The number of hydrogen-bond acceptors (Lipinski definition) is 4. The summed E-state index contributed by atoms with van der Waals surface area (Å²) in [4.78, 5) is 4.15. The van der Waals surface area contributed by atoms with Crippen molar-refractivity contribution in [1.29, 1.82) is 0 Å². The highest BCUT2D eigenvalue weighted by molar-refractivity contribution is 5.09. The van der Waals surface area contributed by atoms with Gasteiger partial charge in [-0.1, -0.05) is 6.07 Å². The van der Waals surface area contributed by atoms with E-state index < -0.39 is 0 Å². The number of nitrogens with zero attached hydrogens (tertiary/aromatic N) is 4. The minimum atomic E-state index is 0.686. The summed E-state index contributed by atoms with van der Waals surface area (Å²) < 4.78 is 2.13. The quantitative estimate of drug-likeness (QED) is 0.896. The molecule has 1 atom stereocenters. The van der Waals surface area contributed by atoms with Crippen LogP contribution in [0.3, 0.4) is 0 Å². The van der Waals surface area contributed by atoms with E-state index in [1.54, 1.807) is 6.20 Å². The van der Waals surface area contributed by atoms with Gasteiger partial charge in [-0.05, 0) is 43.5 Å². The van der Waals surface area contributed by atoms with E-state index in [2.05, 4.69) is 31.1 Å². The zero-order chi connectivity index (χ0) is 12.9. The molecule has 0 aliphatic carbocycles. The second kappa shape index (κ2) is 5.93. The number of rotatable bonds is 4. The zero-order valence-electron chi connectivity index (χ0n) is 11.0. The van der Waals surface area contributed by atoms with Crippen LogP contribution in [0.1, 0.15) is 24.2 Å². The van der Waals surface area contributed by atoms with Crippen molar-refractivity contribution < 1.29 is 0 Å². The molecular weight excluding hydrogens is 238 g/mol. The SMILES string of the molecule is c1cncc(Cn2cnnc2CC2CCCNC2)c1. The molecule has 0 amide bonds. The molecule has 2 aromatic rings. The molecule has 0 spiro atoms. The third kappa shape index (κ3) is 3.17. The molecule has 5 heteroatoms. The van der Waals surface area contributed by atoms with Gasteiger partial charge in [0.1, 0.15) is 12.2 Å². The summed E-state index contributed by atoms with van der Waals surface area (Å²) >= 11 is 0. The van der Waals surface area contributed by atoms with E-state index in [0.717, 1.165) is 31.9 Å². The van der Waals surface area contributed by atoms with Gasteiger partial charge in [0.05, 0.1) is 6.54 Å². The maximum absolute atomic E-state index is 4.27. The number of aromatic nitrogens is 4. The summed E-state index contributed by atoms with van der Waals surface area (Å²) in [5, 5.41) is 11.8. The van der Waals surface area contributed by atoms with Crippen molar-refractivity contribution >= 4 is 0 Å².